The van der Waals surface area contributed by atoms with Crippen LogP contribution < -0.4 is 15.4 Å². The van der Waals surface area contributed by atoms with Gasteiger partial charge in [0.25, 0.3) is 0 Å². The summed E-state index contributed by atoms with van der Waals surface area (Å²) in [5, 5.41) is 52.7. The number of methoxy groups -OCH3 is 1. The summed E-state index contributed by atoms with van der Waals surface area (Å²) in [6.45, 7) is 4.33. The van der Waals surface area contributed by atoms with Crippen molar-refractivity contribution in [3.63, 3.8) is 0 Å². The number of benzene rings is 3. The molecule has 0 unspecified atom stereocenters. The minimum Gasteiger partial charge on any atom is -0.507 e. The van der Waals surface area contributed by atoms with Crippen LogP contribution in [0, 0.1) is 0 Å². The Hall–Kier alpha value is -4.28. The Morgan fingerprint density at radius 1 is 1.00 bits per heavy atom. The zero-order chi connectivity index (χ0) is 41.8. The van der Waals surface area contributed by atoms with E-state index in [1.165, 1.54) is 32.2 Å². The molecule has 0 aromatic heterocycles. The van der Waals surface area contributed by atoms with Crippen LogP contribution in [0.1, 0.15) is 94.2 Å². The van der Waals surface area contributed by atoms with Crippen LogP contribution >= 0.6 is 23.2 Å². The predicted molar refractivity (Wildman–Crippen MR) is 211 cm³/mol. The minimum absolute atomic E-state index is 0.0147. The first-order chi connectivity index (χ1) is 27.1. The maximum atomic E-state index is 13.6. The van der Waals surface area contributed by atoms with Crippen LogP contribution in [0.25, 0.3) is 0 Å². The third kappa shape index (κ3) is 9.23. The molecule has 7 N–H and O–H groups in total. The molecule has 0 radical (unpaired) electrons. The van der Waals surface area contributed by atoms with Gasteiger partial charge in [0.15, 0.2) is 17.9 Å². The smallest absolute Gasteiger partial charge is 0.303 e. The molecular weight excluding hydrogens is 783 g/mol. The minimum atomic E-state index is -2.00. The Balaban J connectivity index is 0.000000276. The molecule has 0 spiro atoms. The largest absolute Gasteiger partial charge is 0.507 e. The number of Topliss-reactive ketones (excluding diaryl/α,β-unsaturated/α-hetero) is 1. The van der Waals surface area contributed by atoms with E-state index in [-0.39, 0.29) is 47.3 Å². The normalized spacial score (nSPS) is 23.7. The standard InChI is InChI=1S/C27H29NO10.C14H19Cl2NO2/c1-10-22(30)14(28)7-17(37-10)38-16-9-27(35,11(2)29)8-13-19(16)26(34)21-20(24(13)32)23(31)12-5-4-6-15(36-3)18(12)25(21)33;15-8-10-17(11-9-16)13-6-4-12(5-7-13)2-1-3-14(18)19/h4-6,10,14,16-17,22,30,32,34-35H,7-9,28H2,1-3H3;4-7H,1-3,8-11H2,(H,18,19)/t10-,14-,16-,17-,22+,27-;/m0./s1. The van der Waals surface area contributed by atoms with Crippen LogP contribution in [-0.4, -0.2) is 111 Å². The number of phenols is 2. The Labute approximate surface area is 340 Å². The van der Waals surface area contributed by atoms with Crippen molar-refractivity contribution in [2.75, 3.05) is 36.9 Å². The number of nitrogens with two attached hydrogens (primary N) is 1. The summed E-state index contributed by atoms with van der Waals surface area (Å²) in [6, 6.07) is 11.9. The number of anilines is 1. The number of carboxylic acids is 1. The number of fused-ring (bicyclic) bond motifs is 3. The Kier molecular flexibility index (Phi) is 14.3. The number of ether oxygens (including phenoxy) is 3. The summed E-state index contributed by atoms with van der Waals surface area (Å²) in [5.41, 5.74) is 5.23. The van der Waals surface area contributed by atoms with Gasteiger partial charge in [-0.3, -0.25) is 19.2 Å². The van der Waals surface area contributed by atoms with Crippen molar-refractivity contribution >= 4 is 52.2 Å². The number of carboxylic acid groups (broad SMARTS) is 1. The second-order valence-electron chi connectivity index (χ2n) is 14.4. The van der Waals surface area contributed by atoms with Gasteiger partial charge in [-0.25, -0.2) is 0 Å². The monoisotopic (exact) mass is 830 g/mol. The van der Waals surface area contributed by atoms with E-state index in [1.54, 1.807) is 6.92 Å². The molecule has 0 bridgehead atoms. The van der Waals surface area contributed by atoms with Crippen LogP contribution in [0.4, 0.5) is 5.69 Å². The van der Waals surface area contributed by atoms with Gasteiger partial charge in [0, 0.05) is 79.0 Å². The van der Waals surface area contributed by atoms with Gasteiger partial charge in [-0.15, -0.1) is 23.2 Å². The number of alkyl halides is 2. The lowest BCUT2D eigenvalue weighted by molar-refractivity contribution is -0.247. The Morgan fingerprint density at radius 2 is 1.65 bits per heavy atom. The molecule has 1 saturated heterocycles. The van der Waals surface area contributed by atoms with Crippen LogP contribution in [0.3, 0.4) is 0 Å². The molecule has 6 rings (SSSR count). The van der Waals surface area contributed by atoms with E-state index < -0.39 is 88.6 Å². The summed E-state index contributed by atoms with van der Waals surface area (Å²) in [5.74, 6) is -2.79. The molecule has 14 nitrogen and oxygen atoms in total. The molecule has 1 heterocycles. The summed E-state index contributed by atoms with van der Waals surface area (Å²) < 4.78 is 17.1. The molecule has 57 heavy (non-hydrogen) atoms. The molecule has 6 atom stereocenters. The number of aromatic hydroxyl groups is 2. The third-order valence-corrected chi connectivity index (χ3v) is 11.0. The number of hydrogen-bond donors (Lipinski definition) is 6. The van der Waals surface area contributed by atoms with Crippen molar-refractivity contribution in [1.29, 1.82) is 0 Å². The van der Waals surface area contributed by atoms with Crippen molar-refractivity contribution in [3.05, 3.63) is 81.4 Å². The average molecular weight is 832 g/mol. The van der Waals surface area contributed by atoms with Crippen molar-refractivity contribution in [3.8, 4) is 17.2 Å². The zero-order valence-electron chi connectivity index (χ0n) is 31.9. The van der Waals surface area contributed by atoms with Gasteiger partial charge in [-0.05, 0) is 50.5 Å². The number of aryl methyl sites for hydroxylation is 1. The van der Waals surface area contributed by atoms with Crippen molar-refractivity contribution in [2.24, 2.45) is 5.73 Å². The topological polar surface area (TPSA) is 226 Å². The molecule has 0 saturated carbocycles. The number of rotatable bonds is 13. The highest BCUT2D eigenvalue weighted by molar-refractivity contribution is 6.31. The summed E-state index contributed by atoms with van der Waals surface area (Å²) in [4.78, 5) is 52.2. The van der Waals surface area contributed by atoms with Gasteiger partial charge < -0.3 is 50.4 Å². The van der Waals surface area contributed by atoms with E-state index in [2.05, 4.69) is 4.90 Å². The Morgan fingerprint density at radius 3 is 2.23 bits per heavy atom. The molecule has 1 aliphatic heterocycles. The number of aliphatic carboxylic acids is 1. The summed E-state index contributed by atoms with van der Waals surface area (Å²) in [7, 11) is 1.34. The zero-order valence-corrected chi connectivity index (χ0v) is 33.4. The SMILES string of the molecule is COc1cccc2c1C(=O)c1c(O)c3c(c(O)c1C2=O)C[C@@](O)(C(C)=O)C[C@@H]3O[C@H]1C[C@H](N)[C@H](O)[C@H](C)O1.O=C(O)CCCc1ccc(N(CCCl)CCCl)cc1. The van der Waals surface area contributed by atoms with E-state index in [9.17, 15) is 39.6 Å². The molecule has 0 amide bonds. The Bertz CT molecular complexity index is 1980. The van der Waals surface area contributed by atoms with Gasteiger partial charge in [-0.2, -0.15) is 0 Å². The number of aliphatic hydroxyl groups excluding tert-OH is 1. The van der Waals surface area contributed by atoms with E-state index >= 15 is 0 Å². The van der Waals surface area contributed by atoms with Crippen LogP contribution in [0.15, 0.2) is 42.5 Å². The second kappa shape index (κ2) is 18.5. The highest BCUT2D eigenvalue weighted by atomic mass is 35.5. The van der Waals surface area contributed by atoms with Gasteiger partial charge >= 0.3 is 5.97 Å². The first-order valence-corrected chi connectivity index (χ1v) is 19.7. The predicted octanol–water partition coefficient (Wildman–Crippen LogP) is 4.41. The molecule has 3 aliphatic rings. The van der Waals surface area contributed by atoms with Crippen LogP contribution in [0.2, 0.25) is 0 Å². The lowest BCUT2D eigenvalue weighted by atomic mass is 9.72. The fourth-order valence-corrected chi connectivity index (χ4v) is 7.96. The first kappa shape index (κ1) is 43.8. The van der Waals surface area contributed by atoms with E-state index in [0.29, 0.717) is 18.2 Å². The van der Waals surface area contributed by atoms with Crippen molar-refractivity contribution in [2.45, 2.75) is 88.6 Å². The number of phenolic OH excluding ortho intramolecular Hbond substituents is 2. The molecule has 16 heteroatoms. The van der Waals surface area contributed by atoms with Crippen LogP contribution in [0.5, 0.6) is 17.2 Å². The fourth-order valence-electron chi connectivity index (χ4n) is 7.55. The van der Waals surface area contributed by atoms with Gasteiger partial charge in [0.05, 0.1) is 42.1 Å². The van der Waals surface area contributed by atoms with Gasteiger partial charge in [-0.1, -0.05) is 24.3 Å². The maximum Gasteiger partial charge on any atom is 0.303 e. The van der Waals surface area contributed by atoms with Crippen LogP contribution in [-0.2, 0) is 31.9 Å². The average Bonchev–Trinajstić information content (AvgIpc) is 3.17. The highest BCUT2D eigenvalue weighted by Crippen LogP contribution is 2.52. The quantitative estimate of drug-likeness (QED) is 0.0811. The second-order valence-corrected chi connectivity index (χ2v) is 15.2. The highest BCUT2D eigenvalue weighted by Gasteiger charge is 2.49. The van der Waals surface area contributed by atoms with Crippen molar-refractivity contribution in [1.82, 2.24) is 0 Å². The van der Waals surface area contributed by atoms with Gasteiger partial charge in [0.2, 0.25) is 5.78 Å². The molecule has 3 aromatic carbocycles. The van der Waals surface area contributed by atoms with Gasteiger partial charge in [0.1, 0.15) is 22.8 Å². The molecule has 308 valence electrons. The van der Waals surface area contributed by atoms with E-state index in [1.807, 2.05) is 24.3 Å². The molecule has 3 aromatic rings. The maximum absolute atomic E-state index is 13.6. The number of carbonyl (C=O) groups excluding carboxylic acids is 3. The lowest BCUT2D eigenvalue weighted by Crippen LogP contribution is -2.52. The first-order valence-electron chi connectivity index (χ1n) is 18.6. The number of nitrogens with zero attached hydrogens (tertiary/aromatic N) is 1. The third-order valence-electron chi connectivity index (χ3n) is 10.7. The summed E-state index contributed by atoms with van der Waals surface area (Å²) >= 11 is 11.5. The molecular formula is C41H48Cl2N2O12. The number of ketones is 3. The van der Waals surface area contributed by atoms with Crippen molar-refractivity contribution < 1.29 is 58.9 Å². The number of aliphatic hydroxyl groups is 2. The van der Waals surface area contributed by atoms with E-state index in [0.717, 1.165) is 30.8 Å². The number of halogens is 2. The lowest BCUT2D eigenvalue weighted by Gasteiger charge is -2.42. The fraction of sp³-hybridized carbons (Fsp3) is 0.463. The summed E-state index contributed by atoms with van der Waals surface area (Å²) in [6.07, 6.45) is -2.86. The molecule has 1 fully saturated rings. The van der Waals surface area contributed by atoms with E-state index in [4.69, 9.17) is 48.3 Å². The molecule has 2 aliphatic carbocycles. The number of carbonyl (C=O) groups is 4. The number of hydrogen-bond acceptors (Lipinski definition) is 13.